The lowest BCUT2D eigenvalue weighted by atomic mass is 9.71. The summed E-state index contributed by atoms with van der Waals surface area (Å²) >= 11 is 0. The minimum Gasteiger partial charge on any atom is -0.497 e. The third-order valence-corrected chi connectivity index (χ3v) is 7.89. The molecule has 0 saturated carbocycles. The van der Waals surface area contributed by atoms with Gasteiger partial charge in [0, 0.05) is 23.7 Å². The van der Waals surface area contributed by atoms with Crippen LogP contribution in [0.1, 0.15) is 61.4 Å². The van der Waals surface area contributed by atoms with Crippen molar-refractivity contribution in [2.24, 2.45) is 11.1 Å². The van der Waals surface area contributed by atoms with Gasteiger partial charge in [-0.1, -0.05) is 30.3 Å². The molecule has 2 aromatic carbocycles. The number of aliphatic carboxylic acids is 1. The molecule has 6 nitrogen and oxygen atoms in total. The molecule has 3 N–H and O–H groups in total. The number of hydrogen-bond donors (Lipinski definition) is 2. The number of ether oxygens (including phenoxy) is 1. The number of rotatable bonds is 12. The molecular formula is C30H38FN3O3. The maximum Gasteiger partial charge on any atom is 0.303 e. The Hall–Kier alpha value is -3.03. The van der Waals surface area contributed by atoms with Gasteiger partial charge in [0.15, 0.2) is 0 Å². The molecule has 0 radical (unpaired) electrons. The molecule has 0 bridgehead atoms. The zero-order valence-electron chi connectivity index (χ0n) is 21.7. The standard InChI is InChI=1S/C30H38FN3O3/c1-37-24-9-10-27-25(18-24)29(23(20-32)21-33-27)26(31)11-12-30(19-28(35)36)13-16-34(17-14-30)15-5-8-22-6-3-2-4-7-22/h2-4,6-7,9-10,18,21,26H,5,8,11-17,19-20,32H2,1H3,(H,35,36)/t26-/m0/s1. The van der Waals surface area contributed by atoms with Crippen LogP contribution in [0.25, 0.3) is 10.9 Å². The summed E-state index contributed by atoms with van der Waals surface area (Å²) in [5, 5.41) is 10.4. The summed E-state index contributed by atoms with van der Waals surface area (Å²) in [6.07, 6.45) is 4.90. The highest BCUT2D eigenvalue weighted by Gasteiger charge is 2.37. The Balaban J connectivity index is 1.42. The Morgan fingerprint density at radius 3 is 2.65 bits per heavy atom. The van der Waals surface area contributed by atoms with E-state index in [1.54, 1.807) is 13.3 Å². The minimum absolute atomic E-state index is 0.0756. The average molecular weight is 508 g/mol. The summed E-state index contributed by atoms with van der Waals surface area (Å²) < 4.78 is 21.3. The van der Waals surface area contributed by atoms with Crippen LogP contribution in [0.5, 0.6) is 5.75 Å². The smallest absolute Gasteiger partial charge is 0.303 e. The molecular weight excluding hydrogens is 469 g/mol. The summed E-state index contributed by atoms with van der Waals surface area (Å²) in [5.41, 5.74) is 8.82. The monoisotopic (exact) mass is 507 g/mol. The number of nitrogens with two attached hydrogens (primary N) is 1. The molecule has 3 aromatic rings. The van der Waals surface area contributed by atoms with Gasteiger partial charge in [-0.25, -0.2) is 4.39 Å². The summed E-state index contributed by atoms with van der Waals surface area (Å²) in [4.78, 5) is 18.7. The maximum absolute atomic E-state index is 15.9. The second-order valence-electron chi connectivity index (χ2n) is 10.3. The summed E-state index contributed by atoms with van der Waals surface area (Å²) in [6, 6.07) is 15.9. The fraction of sp³-hybridized carbons (Fsp3) is 0.467. The molecule has 1 fully saturated rings. The lowest BCUT2D eigenvalue weighted by molar-refractivity contribution is -0.141. The van der Waals surface area contributed by atoms with Crippen LogP contribution in [0.15, 0.2) is 54.7 Å². The zero-order chi connectivity index (χ0) is 26.3. The highest BCUT2D eigenvalue weighted by atomic mass is 19.1. The average Bonchev–Trinajstić information content (AvgIpc) is 2.92. The predicted octanol–water partition coefficient (Wildman–Crippen LogP) is 5.68. The number of likely N-dealkylation sites (tertiary alicyclic amines) is 1. The van der Waals surface area contributed by atoms with Crippen LogP contribution in [0.2, 0.25) is 0 Å². The van der Waals surface area contributed by atoms with Gasteiger partial charge in [0.05, 0.1) is 19.0 Å². The van der Waals surface area contributed by atoms with Crippen molar-refractivity contribution in [1.29, 1.82) is 0 Å². The fourth-order valence-electron chi connectivity index (χ4n) is 5.71. The van der Waals surface area contributed by atoms with Crippen molar-refractivity contribution in [2.75, 3.05) is 26.7 Å². The topological polar surface area (TPSA) is 88.7 Å². The molecule has 7 heteroatoms. The van der Waals surface area contributed by atoms with Gasteiger partial charge in [0.25, 0.3) is 0 Å². The van der Waals surface area contributed by atoms with Crippen molar-refractivity contribution < 1.29 is 19.0 Å². The van der Waals surface area contributed by atoms with Crippen LogP contribution in [0.4, 0.5) is 4.39 Å². The fourth-order valence-corrected chi connectivity index (χ4v) is 5.71. The molecule has 198 valence electrons. The second kappa shape index (κ2) is 12.5. The highest BCUT2D eigenvalue weighted by Crippen LogP contribution is 2.43. The number of halogens is 1. The van der Waals surface area contributed by atoms with E-state index in [4.69, 9.17) is 10.5 Å². The van der Waals surface area contributed by atoms with Crippen LogP contribution in [0.3, 0.4) is 0 Å². The first kappa shape index (κ1) is 27.0. The molecule has 2 heterocycles. The number of piperidine rings is 1. The molecule has 4 rings (SSSR count). The van der Waals surface area contributed by atoms with Crippen molar-refractivity contribution >= 4 is 16.9 Å². The quantitative estimate of drug-likeness (QED) is 0.328. The van der Waals surface area contributed by atoms with Crippen molar-refractivity contribution in [3.63, 3.8) is 0 Å². The van der Waals surface area contributed by atoms with Gasteiger partial charge in [-0.15, -0.1) is 0 Å². The number of benzene rings is 2. The van der Waals surface area contributed by atoms with Crippen LogP contribution in [-0.2, 0) is 17.8 Å². The first-order valence-corrected chi connectivity index (χ1v) is 13.2. The number of carboxylic acids is 1. The molecule has 1 aliphatic heterocycles. The van der Waals surface area contributed by atoms with Gasteiger partial charge in [0.2, 0.25) is 0 Å². The van der Waals surface area contributed by atoms with Gasteiger partial charge < -0.3 is 20.5 Å². The molecule has 0 amide bonds. The molecule has 0 aliphatic carbocycles. The second-order valence-corrected chi connectivity index (χ2v) is 10.3. The first-order valence-electron chi connectivity index (χ1n) is 13.2. The lowest BCUT2D eigenvalue weighted by Crippen LogP contribution is -2.41. The van der Waals surface area contributed by atoms with Gasteiger partial charge in [-0.05, 0) is 92.9 Å². The molecule has 1 aliphatic rings. The third-order valence-electron chi connectivity index (χ3n) is 7.89. The van der Waals surface area contributed by atoms with Gasteiger partial charge in [0.1, 0.15) is 11.9 Å². The number of alkyl halides is 1. The minimum atomic E-state index is -1.26. The van der Waals surface area contributed by atoms with Gasteiger partial charge >= 0.3 is 5.97 Å². The van der Waals surface area contributed by atoms with Crippen LogP contribution in [-0.4, -0.2) is 47.7 Å². The number of hydrogen-bond acceptors (Lipinski definition) is 5. The number of carbonyl (C=O) groups is 1. The van der Waals surface area contributed by atoms with Crippen LogP contribution in [0, 0.1) is 5.41 Å². The lowest BCUT2D eigenvalue weighted by Gasteiger charge is -2.41. The molecule has 1 atom stereocenters. The summed E-state index contributed by atoms with van der Waals surface area (Å²) in [7, 11) is 1.58. The Labute approximate surface area is 218 Å². The SMILES string of the molecule is COc1ccc2ncc(CN)c([C@@H](F)CCC3(CC(=O)O)CCN(CCCc4ccccc4)CC3)c2c1. The van der Waals surface area contributed by atoms with E-state index in [2.05, 4.69) is 34.1 Å². The Kier molecular flexibility index (Phi) is 9.11. The zero-order valence-corrected chi connectivity index (χ0v) is 21.7. The Morgan fingerprint density at radius 1 is 1.22 bits per heavy atom. The molecule has 0 unspecified atom stereocenters. The summed E-state index contributed by atoms with van der Waals surface area (Å²) in [5.74, 6) is -0.173. The Bertz CT molecular complexity index is 1170. The number of aryl methyl sites for hydroxylation is 1. The number of aromatic nitrogens is 1. The third kappa shape index (κ3) is 6.84. The van der Waals surface area contributed by atoms with Crippen molar-refractivity contribution in [3.8, 4) is 5.75 Å². The molecule has 37 heavy (non-hydrogen) atoms. The number of nitrogens with zero attached hydrogens (tertiary/aromatic N) is 2. The van der Waals surface area contributed by atoms with E-state index in [1.807, 2.05) is 24.3 Å². The van der Waals surface area contributed by atoms with Crippen molar-refractivity contribution in [3.05, 3.63) is 71.4 Å². The number of fused-ring (bicyclic) bond motifs is 1. The molecule has 1 aromatic heterocycles. The van der Waals surface area contributed by atoms with Gasteiger partial charge in [-0.2, -0.15) is 0 Å². The van der Waals surface area contributed by atoms with Crippen molar-refractivity contribution in [2.45, 2.75) is 57.7 Å². The van der Waals surface area contributed by atoms with E-state index in [1.165, 1.54) is 5.56 Å². The first-order chi connectivity index (χ1) is 17.9. The summed E-state index contributed by atoms with van der Waals surface area (Å²) in [6.45, 7) is 2.88. The van der Waals surface area contributed by atoms with Crippen molar-refractivity contribution in [1.82, 2.24) is 9.88 Å². The van der Waals surface area contributed by atoms with E-state index in [0.29, 0.717) is 34.2 Å². The highest BCUT2D eigenvalue weighted by molar-refractivity contribution is 5.85. The molecule has 0 spiro atoms. The maximum atomic E-state index is 15.9. The largest absolute Gasteiger partial charge is 0.497 e. The number of carboxylic acid groups (broad SMARTS) is 1. The van der Waals surface area contributed by atoms with E-state index in [-0.39, 0.29) is 19.4 Å². The van der Waals surface area contributed by atoms with Gasteiger partial charge in [-0.3, -0.25) is 9.78 Å². The number of pyridine rings is 1. The predicted molar refractivity (Wildman–Crippen MR) is 144 cm³/mol. The number of methoxy groups -OCH3 is 1. The molecule has 1 saturated heterocycles. The van der Waals surface area contributed by atoms with Crippen LogP contribution < -0.4 is 10.5 Å². The van der Waals surface area contributed by atoms with E-state index in [0.717, 1.165) is 45.3 Å². The van der Waals surface area contributed by atoms with E-state index < -0.39 is 17.6 Å². The van der Waals surface area contributed by atoms with E-state index >= 15 is 4.39 Å². The Morgan fingerprint density at radius 2 is 1.97 bits per heavy atom. The van der Waals surface area contributed by atoms with Crippen LogP contribution >= 0.6 is 0 Å². The van der Waals surface area contributed by atoms with E-state index in [9.17, 15) is 9.90 Å². The normalized spacial score (nSPS) is 16.5.